The maximum atomic E-state index is 3.48. The first-order valence-electron chi connectivity index (χ1n) is 2.26. The van der Waals surface area contributed by atoms with E-state index in [1.165, 1.54) is 0 Å². The van der Waals surface area contributed by atoms with E-state index >= 15 is 0 Å². The molecule has 0 aliphatic carbocycles. The first-order chi connectivity index (χ1) is 5.10. The van der Waals surface area contributed by atoms with Crippen molar-refractivity contribution in [2.45, 2.75) is 5.38 Å². The monoisotopic (exact) mass is 679 g/mol. The lowest BCUT2D eigenvalue weighted by Gasteiger charge is -2.29. The van der Waals surface area contributed by atoms with E-state index in [4.69, 9.17) is 0 Å². The highest BCUT2D eigenvalue weighted by Crippen LogP contribution is 2.59. The summed E-state index contributed by atoms with van der Waals surface area (Å²) in [5.41, 5.74) is 0. The molecule has 0 heterocycles. The Morgan fingerprint density at radius 3 is 1.17 bits per heavy atom. The minimum Gasteiger partial charge on any atom is -0.0632 e. The van der Waals surface area contributed by atoms with Gasteiger partial charge >= 0.3 is 0 Å². The van der Waals surface area contributed by atoms with Gasteiger partial charge in [0.1, 0.15) is 3.23 Å². The van der Waals surface area contributed by atoms with Crippen LogP contribution in [0.5, 0.6) is 0 Å². The maximum Gasteiger partial charge on any atom is 0.164 e. The van der Waals surface area contributed by atoms with Crippen LogP contribution in [-0.2, 0) is 0 Å². The van der Waals surface area contributed by atoms with Crippen LogP contribution >= 0.6 is 127 Å². The Balaban J connectivity index is 5.01. The molecule has 0 aromatic heterocycles. The van der Waals surface area contributed by atoms with Crippen LogP contribution < -0.4 is 0 Å². The molecule has 0 aromatic carbocycles. The number of alkyl halides is 5. The summed E-state index contributed by atoms with van der Waals surface area (Å²) in [4.78, 5) is 0. The fourth-order valence-electron chi connectivity index (χ4n) is 0.243. The molecule has 0 fully saturated rings. The van der Waals surface area contributed by atoms with E-state index < -0.39 is 5.38 Å². The van der Waals surface area contributed by atoms with Crippen LogP contribution in [0.1, 0.15) is 0 Å². The molecule has 0 aliphatic heterocycles. The minimum atomic E-state index is -0.505. The van der Waals surface area contributed by atoms with E-state index in [1.807, 2.05) is 0 Å². The Hall–Kier alpha value is 3.58. The fourth-order valence-corrected chi connectivity index (χ4v) is 3.99. The molecule has 0 amide bonds. The van der Waals surface area contributed by atoms with Crippen LogP contribution in [0.2, 0.25) is 0 Å². The standard InChI is InChI=1S/C4Br8/c5-1(2(6)7)3(8,9)4(10,11)12. The van der Waals surface area contributed by atoms with Crippen molar-refractivity contribution in [2.75, 3.05) is 0 Å². The second-order valence-electron chi connectivity index (χ2n) is 1.65. The van der Waals surface area contributed by atoms with Gasteiger partial charge in [0, 0.05) is 4.48 Å². The van der Waals surface area contributed by atoms with Crippen molar-refractivity contribution >= 4 is 127 Å². The third kappa shape index (κ3) is 4.22. The Labute approximate surface area is 138 Å². The van der Waals surface area contributed by atoms with E-state index in [9.17, 15) is 0 Å². The first-order valence-corrected chi connectivity index (χ1v) is 8.61. The average molecular weight is 687 g/mol. The molecule has 0 spiro atoms. The summed E-state index contributed by atoms with van der Waals surface area (Å²) < 4.78 is 0.674. The van der Waals surface area contributed by atoms with Gasteiger partial charge in [0.25, 0.3) is 0 Å². The van der Waals surface area contributed by atoms with Gasteiger partial charge in [-0.15, -0.1) is 0 Å². The van der Waals surface area contributed by atoms with E-state index in [0.717, 1.165) is 7.87 Å². The molecule has 0 atom stereocenters. The van der Waals surface area contributed by atoms with Crippen LogP contribution in [0, 0.1) is 0 Å². The molecular weight excluding hydrogens is 687 g/mol. The second kappa shape index (κ2) is 5.77. The lowest BCUT2D eigenvalue weighted by molar-refractivity contribution is 1.14. The van der Waals surface area contributed by atoms with Crippen LogP contribution in [0.4, 0.5) is 0 Å². The van der Waals surface area contributed by atoms with Gasteiger partial charge in [0.15, 0.2) is 2.14 Å². The quantitative estimate of drug-likeness (QED) is 0.271. The second-order valence-corrected chi connectivity index (χ2v) is 15.3. The van der Waals surface area contributed by atoms with Crippen molar-refractivity contribution in [3.8, 4) is 0 Å². The summed E-state index contributed by atoms with van der Waals surface area (Å²) in [7, 11) is 0. The van der Waals surface area contributed by atoms with Crippen molar-refractivity contribution in [1.29, 1.82) is 0 Å². The molecule has 0 bridgehead atoms. The lowest BCUT2D eigenvalue weighted by atomic mass is 10.5. The number of hydrogen-bond acceptors (Lipinski definition) is 0. The Morgan fingerprint density at radius 2 is 1.08 bits per heavy atom. The van der Waals surface area contributed by atoms with E-state index in [1.54, 1.807) is 0 Å². The van der Waals surface area contributed by atoms with Gasteiger partial charge in [-0.05, 0) is 31.9 Å². The van der Waals surface area contributed by atoms with E-state index in [-0.39, 0.29) is 0 Å². The van der Waals surface area contributed by atoms with Gasteiger partial charge in [0.05, 0.1) is 3.39 Å². The van der Waals surface area contributed by atoms with Crippen molar-refractivity contribution in [3.63, 3.8) is 0 Å². The third-order valence-corrected chi connectivity index (χ3v) is 11.7. The molecule has 72 valence electrons. The van der Waals surface area contributed by atoms with Crippen LogP contribution in [-0.4, -0.2) is 5.38 Å². The van der Waals surface area contributed by atoms with Gasteiger partial charge < -0.3 is 0 Å². The van der Waals surface area contributed by atoms with Crippen LogP contribution in [0.3, 0.4) is 0 Å². The molecule has 0 radical (unpaired) electrons. The van der Waals surface area contributed by atoms with Gasteiger partial charge in [-0.1, -0.05) is 95.6 Å². The van der Waals surface area contributed by atoms with Gasteiger partial charge in [0.2, 0.25) is 0 Å². The Bertz CT molecular complexity index is 194. The SMILES string of the molecule is BrC(Br)=C(Br)C(Br)(Br)C(Br)(Br)Br. The zero-order valence-electron chi connectivity index (χ0n) is 5.02. The van der Waals surface area contributed by atoms with Crippen LogP contribution in [0.25, 0.3) is 0 Å². The first kappa shape index (κ1) is 15.6. The summed E-state index contributed by atoms with van der Waals surface area (Å²) in [6, 6.07) is 0. The summed E-state index contributed by atoms with van der Waals surface area (Å²) in [5, 5.41) is 0. The molecule has 0 aromatic rings. The molecule has 0 saturated heterocycles. The predicted octanol–water partition coefficient (Wildman–Crippen LogP) is 6.66. The number of hydrogen-bond donors (Lipinski definition) is 0. The lowest BCUT2D eigenvalue weighted by Crippen LogP contribution is -2.28. The molecule has 0 saturated carbocycles. The Morgan fingerprint density at radius 1 is 0.750 bits per heavy atom. The zero-order valence-corrected chi connectivity index (χ0v) is 17.7. The average Bonchev–Trinajstić information content (AvgIpc) is 1.83. The topological polar surface area (TPSA) is 0 Å². The summed E-state index contributed by atoms with van der Waals surface area (Å²) in [6.07, 6.45) is 0. The number of halogens is 8. The molecule has 0 rings (SSSR count). The number of rotatable bonds is 1. The highest BCUT2D eigenvalue weighted by atomic mass is 80.0. The number of allylic oxidation sites excluding steroid dienone is 1. The smallest absolute Gasteiger partial charge is 0.0632 e. The Kier molecular flexibility index (Phi) is 7.50. The molecule has 0 unspecified atom stereocenters. The minimum absolute atomic E-state index is 0.494. The van der Waals surface area contributed by atoms with Crippen LogP contribution in [0.15, 0.2) is 7.87 Å². The predicted molar refractivity (Wildman–Crippen MR) is 83.9 cm³/mol. The van der Waals surface area contributed by atoms with Gasteiger partial charge in [-0.2, -0.15) is 0 Å². The van der Waals surface area contributed by atoms with Crippen molar-refractivity contribution < 1.29 is 0 Å². The largest absolute Gasteiger partial charge is 0.164 e. The zero-order chi connectivity index (χ0) is 10.2. The summed E-state index contributed by atoms with van der Waals surface area (Å²) in [6.45, 7) is 0. The highest BCUT2D eigenvalue weighted by molar-refractivity contribution is 9.41. The fraction of sp³-hybridized carbons (Fsp3) is 0.500. The van der Waals surface area contributed by atoms with Gasteiger partial charge in [-0.3, -0.25) is 0 Å². The van der Waals surface area contributed by atoms with E-state index in [2.05, 4.69) is 127 Å². The molecule has 12 heavy (non-hydrogen) atoms. The molecule has 0 N–H and O–H groups in total. The van der Waals surface area contributed by atoms with Gasteiger partial charge in [-0.25, -0.2) is 0 Å². The third-order valence-electron chi connectivity index (χ3n) is 0.798. The highest BCUT2D eigenvalue weighted by Gasteiger charge is 2.46. The maximum absolute atomic E-state index is 3.48. The van der Waals surface area contributed by atoms with Crippen molar-refractivity contribution in [1.82, 2.24) is 0 Å². The van der Waals surface area contributed by atoms with Crippen molar-refractivity contribution in [2.24, 2.45) is 0 Å². The summed E-state index contributed by atoms with van der Waals surface area (Å²) in [5.74, 6) is 0. The molecule has 8 heteroatoms. The normalized spacial score (nSPS) is 13.0. The summed E-state index contributed by atoms with van der Waals surface area (Å²) >= 11 is 27.2. The van der Waals surface area contributed by atoms with Crippen molar-refractivity contribution in [3.05, 3.63) is 7.87 Å². The molecule has 0 nitrogen and oxygen atoms in total. The molecular formula is C4Br8. The van der Waals surface area contributed by atoms with E-state index in [0.29, 0.717) is 0 Å². The molecule has 0 aliphatic rings.